The maximum Gasteiger partial charge on any atom is 0.411 e. The van der Waals surface area contributed by atoms with Crippen molar-refractivity contribution in [1.82, 2.24) is 10.2 Å². The van der Waals surface area contributed by atoms with Crippen molar-refractivity contribution in [2.45, 2.75) is 12.6 Å². The molecule has 1 atom stereocenters. The first-order valence-electron chi connectivity index (χ1n) is 7.63. The van der Waals surface area contributed by atoms with E-state index in [4.69, 9.17) is 9.47 Å². The summed E-state index contributed by atoms with van der Waals surface area (Å²) in [4.78, 5) is 13.5. The molecule has 1 amide bonds. The standard InChI is InChI=1S/C18H20N2O3/c1-19-13-20-16(12-23-18(20)21)15-9-5-6-10-17(15)22-11-14-7-3-2-4-8-14/h2-10,16,19H,11-13H2,1H3. The summed E-state index contributed by atoms with van der Waals surface area (Å²) < 4.78 is 11.2. The van der Waals surface area contributed by atoms with Gasteiger partial charge in [-0.05, 0) is 18.7 Å². The van der Waals surface area contributed by atoms with E-state index in [2.05, 4.69) is 5.32 Å². The van der Waals surface area contributed by atoms with Crippen molar-refractivity contribution >= 4 is 6.09 Å². The molecule has 0 aromatic heterocycles. The van der Waals surface area contributed by atoms with Crippen LogP contribution in [0.2, 0.25) is 0 Å². The summed E-state index contributed by atoms with van der Waals surface area (Å²) in [5.74, 6) is 0.778. The molecule has 1 saturated heterocycles. The van der Waals surface area contributed by atoms with Crippen molar-refractivity contribution in [3.63, 3.8) is 0 Å². The molecule has 1 N–H and O–H groups in total. The van der Waals surface area contributed by atoms with Crippen molar-refractivity contribution in [2.24, 2.45) is 0 Å². The van der Waals surface area contributed by atoms with E-state index in [1.54, 1.807) is 11.9 Å². The largest absolute Gasteiger partial charge is 0.489 e. The zero-order chi connectivity index (χ0) is 16.1. The second-order valence-electron chi connectivity index (χ2n) is 5.39. The third-order valence-corrected chi connectivity index (χ3v) is 3.82. The average molecular weight is 312 g/mol. The van der Waals surface area contributed by atoms with E-state index in [9.17, 15) is 4.79 Å². The van der Waals surface area contributed by atoms with Crippen LogP contribution in [0.4, 0.5) is 4.79 Å². The molecule has 2 aromatic rings. The van der Waals surface area contributed by atoms with E-state index in [0.717, 1.165) is 16.9 Å². The van der Waals surface area contributed by atoms with Crippen LogP contribution in [0.25, 0.3) is 0 Å². The fourth-order valence-electron chi connectivity index (χ4n) is 2.68. The predicted molar refractivity (Wildman–Crippen MR) is 87.1 cm³/mol. The van der Waals surface area contributed by atoms with E-state index in [-0.39, 0.29) is 12.1 Å². The van der Waals surface area contributed by atoms with Gasteiger partial charge >= 0.3 is 6.09 Å². The topological polar surface area (TPSA) is 50.8 Å². The zero-order valence-corrected chi connectivity index (χ0v) is 13.1. The number of hydrogen-bond donors (Lipinski definition) is 1. The first kappa shape index (κ1) is 15.4. The molecule has 3 rings (SSSR count). The Labute approximate surface area is 135 Å². The van der Waals surface area contributed by atoms with Crippen LogP contribution in [0.1, 0.15) is 17.2 Å². The van der Waals surface area contributed by atoms with Crippen molar-refractivity contribution in [1.29, 1.82) is 0 Å². The third-order valence-electron chi connectivity index (χ3n) is 3.82. The Kier molecular flexibility index (Phi) is 4.78. The summed E-state index contributed by atoms with van der Waals surface area (Å²) in [7, 11) is 1.81. The quantitative estimate of drug-likeness (QED) is 0.891. The van der Waals surface area contributed by atoms with Gasteiger partial charge in [-0.25, -0.2) is 4.79 Å². The predicted octanol–water partition coefficient (Wildman–Crippen LogP) is 2.94. The smallest absolute Gasteiger partial charge is 0.411 e. The number of para-hydroxylation sites is 1. The molecule has 1 aliphatic heterocycles. The molecular weight excluding hydrogens is 292 g/mol. The Morgan fingerprint density at radius 3 is 2.70 bits per heavy atom. The second-order valence-corrected chi connectivity index (χ2v) is 5.39. The molecule has 0 spiro atoms. The second kappa shape index (κ2) is 7.15. The van der Waals surface area contributed by atoms with Gasteiger partial charge in [-0.2, -0.15) is 0 Å². The van der Waals surface area contributed by atoms with Gasteiger partial charge in [0.1, 0.15) is 19.0 Å². The van der Waals surface area contributed by atoms with Gasteiger partial charge in [-0.1, -0.05) is 48.5 Å². The van der Waals surface area contributed by atoms with Gasteiger partial charge in [0.2, 0.25) is 0 Å². The Morgan fingerprint density at radius 2 is 1.91 bits per heavy atom. The molecule has 0 aliphatic carbocycles. The van der Waals surface area contributed by atoms with Crippen molar-refractivity contribution in [3.05, 3.63) is 65.7 Å². The molecule has 0 bridgehead atoms. The molecule has 0 radical (unpaired) electrons. The fraction of sp³-hybridized carbons (Fsp3) is 0.278. The summed E-state index contributed by atoms with van der Waals surface area (Å²) in [6.07, 6.45) is -0.304. The highest BCUT2D eigenvalue weighted by Crippen LogP contribution is 2.33. The Bertz CT molecular complexity index is 660. The van der Waals surface area contributed by atoms with E-state index in [0.29, 0.717) is 19.9 Å². The summed E-state index contributed by atoms with van der Waals surface area (Å²) in [6.45, 7) is 1.27. The van der Waals surface area contributed by atoms with Gasteiger partial charge in [-0.15, -0.1) is 0 Å². The molecular formula is C18H20N2O3. The van der Waals surface area contributed by atoms with E-state index < -0.39 is 0 Å². The maximum absolute atomic E-state index is 11.9. The summed E-state index contributed by atoms with van der Waals surface area (Å²) in [5.41, 5.74) is 2.07. The Hall–Kier alpha value is -2.53. The van der Waals surface area contributed by atoms with Crippen LogP contribution in [0.15, 0.2) is 54.6 Å². The maximum atomic E-state index is 11.9. The molecule has 2 aromatic carbocycles. The molecule has 5 heteroatoms. The number of rotatable bonds is 6. The Morgan fingerprint density at radius 1 is 1.17 bits per heavy atom. The summed E-state index contributed by atoms with van der Waals surface area (Å²) >= 11 is 0. The summed E-state index contributed by atoms with van der Waals surface area (Å²) in [6, 6.07) is 17.7. The minimum atomic E-state index is -0.304. The van der Waals surface area contributed by atoms with Gasteiger partial charge in [0.25, 0.3) is 0 Å². The monoisotopic (exact) mass is 312 g/mol. The Balaban J connectivity index is 1.79. The highest BCUT2D eigenvalue weighted by atomic mass is 16.6. The van der Waals surface area contributed by atoms with Crippen LogP contribution in [-0.2, 0) is 11.3 Å². The first-order chi connectivity index (χ1) is 11.3. The average Bonchev–Trinajstić information content (AvgIpc) is 2.95. The van der Waals surface area contributed by atoms with Gasteiger partial charge in [-0.3, -0.25) is 4.90 Å². The third kappa shape index (κ3) is 3.46. The summed E-state index contributed by atoms with van der Waals surface area (Å²) in [5, 5.41) is 3.00. The van der Waals surface area contributed by atoms with Gasteiger partial charge in [0.15, 0.2) is 0 Å². The minimum absolute atomic E-state index is 0.137. The van der Waals surface area contributed by atoms with E-state index in [1.807, 2.05) is 54.6 Å². The first-order valence-corrected chi connectivity index (χ1v) is 7.63. The zero-order valence-electron chi connectivity index (χ0n) is 13.1. The molecule has 23 heavy (non-hydrogen) atoms. The molecule has 5 nitrogen and oxygen atoms in total. The lowest BCUT2D eigenvalue weighted by Crippen LogP contribution is -2.35. The van der Waals surface area contributed by atoms with Gasteiger partial charge < -0.3 is 14.8 Å². The normalized spacial score (nSPS) is 17.2. The van der Waals surface area contributed by atoms with Crippen LogP contribution >= 0.6 is 0 Å². The van der Waals surface area contributed by atoms with Crippen molar-refractivity contribution in [3.8, 4) is 5.75 Å². The number of benzene rings is 2. The fourth-order valence-corrected chi connectivity index (χ4v) is 2.68. The number of hydrogen-bond acceptors (Lipinski definition) is 4. The molecule has 1 heterocycles. The highest BCUT2D eigenvalue weighted by molar-refractivity contribution is 5.70. The molecule has 1 fully saturated rings. The molecule has 1 aliphatic rings. The van der Waals surface area contributed by atoms with E-state index in [1.165, 1.54) is 0 Å². The SMILES string of the molecule is CNCN1C(=O)OCC1c1ccccc1OCc1ccccc1. The van der Waals surface area contributed by atoms with Crippen molar-refractivity contribution < 1.29 is 14.3 Å². The van der Waals surface area contributed by atoms with Crippen molar-refractivity contribution in [2.75, 3.05) is 20.3 Å². The lowest BCUT2D eigenvalue weighted by atomic mass is 10.1. The van der Waals surface area contributed by atoms with Crippen LogP contribution in [-0.4, -0.2) is 31.3 Å². The van der Waals surface area contributed by atoms with Gasteiger partial charge in [0, 0.05) is 5.56 Å². The number of nitrogens with zero attached hydrogens (tertiary/aromatic N) is 1. The molecule has 0 saturated carbocycles. The van der Waals surface area contributed by atoms with Crippen LogP contribution < -0.4 is 10.1 Å². The number of ether oxygens (including phenoxy) is 2. The van der Waals surface area contributed by atoms with Crippen LogP contribution in [0.5, 0.6) is 5.75 Å². The number of amides is 1. The highest BCUT2D eigenvalue weighted by Gasteiger charge is 2.35. The van der Waals surface area contributed by atoms with Crippen LogP contribution in [0, 0.1) is 0 Å². The lowest BCUT2D eigenvalue weighted by molar-refractivity contribution is 0.156. The van der Waals surface area contributed by atoms with Crippen LogP contribution in [0.3, 0.4) is 0 Å². The van der Waals surface area contributed by atoms with E-state index >= 15 is 0 Å². The molecule has 1 unspecified atom stereocenters. The number of carbonyl (C=O) groups excluding carboxylic acids is 1. The number of cyclic esters (lactones) is 1. The number of carbonyl (C=O) groups is 1. The lowest BCUT2D eigenvalue weighted by Gasteiger charge is -2.23. The minimum Gasteiger partial charge on any atom is -0.489 e. The molecule has 120 valence electrons. The van der Waals surface area contributed by atoms with Gasteiger partial charge in [0.05, 0.1) is 12.7 Å². The number of nitrogens with one attached hydrogen (secondary N) is 1.